The summed E-state index contributed by atoms with van der Waals surface area (Å²) in [6.07, 6.45) is 2.24. The number of carbonyl (C=O) groups is 1. The van der Waals surface area contributed by atoms with Crippen LogP contribution in [0.5, 0.6) is 0 Å². The minimum atomic E-state index is -0.723. The number of rotatable bonds is 5. The van der Waals surface area contributed by atoms with Gasteiger partial charge in [-0.3, -0.25) is 14.9 Å². The van der Waals surface area contributed by atoms with Crippen molar-refractivity contribution in [1.82, 2.24) is 4.98 Å². The molecule has 1 amide bonds. The number of H-pyrrole nitrogens is 1. The van der Waals surface area contributed by atoms with Crippen molar-refractivity contribution < 1.29 is 9.72 Å². The van der Waals surface area contributed by atoms with E-state index in [2.05, 4.69) is 10.3 Å². The van der Waals surface area contributed by atoms with E-state index in [0.717, 1.165) is 16.5 Å². The number of amides is 1. The average molecular weight is 324 g/mol. The number of nitrogens with one attached hydrogen (secondary N) is 2. The number of aromatic nitrogens is 1. The molecular weight excluding hydrogens is 308 g/mol. The van der Waals surface area contributed by atoms with E-state index in [4.69, 9.17) is 5.73 Å². The molecule has 0 radical (unpaired) electrons. The molecule has 3 aromatic rings. The van der Waals surface area contributed by atoms with E-state index in [-0.39, 0.29) is 11.6 Å². The van der Waals surface area contributed by atoms with E-state index in [1.165, 1.54) is 24.3 Å². The van der Waals surface area contributed by atoms with Gasteiger partial charge in [0.15, 0.2) is 0 Å². The van der Waals surface area contributed by atoms with Gasteiger partial charge in [0.1, 0.15) is 0 Å². The fraction of sp³-hybridized carbons (Fsp3) is 0.118. The number of aromatic amines is 1. The van der Waals surface area contributed by atoms with Crippen LogP contribution in [-0.2, 0) is 11.2 Å². The Kier molecular flexibility index (Phi) is 4.26. The van der Waals surface area contributed by atoms with Gasteiger partial charge in [0.05, 0.1) is 11.0 Å². The van der Waals surface area contributed by atoms with Gasteiger partial charge in [-0.25, -0.2) is 0 Å². The molecule has 2 aromatic carbocycles. The Hall–Kier alpha value is -3.19. The minimum absolute atomic E-state index is 0.0314. The van der Waals surface area contributed by atoms with Crippen LogP contribution in [0.2, 0.25) is 0 Å². The standard InChI is InChI=1S/C17H16N4O3/c18-15(9-11-10-19-16-4-2-1-3-14(11)16)17(22)20-12-5-7-13(8-6-12)21(23)24/h1-8,10,15,19H,9,18H2,(H,20,22)/t15-/m0/s1. The molecule has 7 heteroatoms. The summed E-state index contributed by atoms with van der Waals surface area (Å²) in [5.74, 6) is -0.339. The van der Waals surface area contributed by atoms with Gasteiger partial charge in [0.25, 0.3) is 5.69 Å². The van der Waals surface area contributed by atoms with E-state index >= 15 is 0 Å². The Morgan fingerprint density at radius 3 is 2.62 bits per heavy atom. The molecule has 3 rings (SSSR count). The number of para-hydroxylation sites is 1. The van der Waals surface area contributed by atoms with Crippen molar-refractivity contribution in [1.29, 1.82) is 0 Å². The summed E-state index contributed by atoms with van der Waals surface area (Å²) >= 11 is 0. The summed E-state index contributed by atoms with van der Waals surface area (Å²) in [7, 11) is 0. The van der Waals surface area contributed by atoms with Crippen molar-refractivity contribution in [3.05, 3.63) is 70.4 Å². The molecule has 0 bridgehead atoms. The lowest BCUT2D eigenvalue weighted by atomic mass is 10.0. The molecule has 0 fully saturated rings. The van der Waals surface area contributed by atoms with Crippen molar-refractivity contribution in [2.45, 2.75) is 12.5 Å². The van der Waals surface area contributed by atoms with Crippen LogP contribution >= 0.6 is 0 Å². The zero-order valence-corrected chi connectivity index (χ0v) is 12.7. The number of carbonyl (C=O) groups excluding carboxylic acids is 1. The van der Waals surface area contributed by atoms with Gasteiger partial charge in [-0.05, 0) is 30.2 Å². The summed E-state index contributed by atoms with van der Waals surface area (Å²) in [4.78, 5) is 25.5. The fourth-order valence-electron chi connectivity index (χ4n) is 2.53. The van der Waals surface area contributed by atoms with Crippen LogP contribution in [0.25, 0.3) is 10.9 Å². The highest BCUT2D eigenvalue weighted by molar-refractivity contribution is 5.95. The second-order valence-electron chi connectivity index (χ2n) is 5.46. The number of non-ortho nitro benzene ring substituents is 1. The highest BCUT2D eigenvalue weighted by Gasteiger charge is 2.16. The Balaban J connectivity index is 1.67. The van der Waals surface area contributed by atoms with Crippen LogP contribution < -0.4 is 11.1 Å². The monoisotopic (exact) mass is 324 g/mol. The lowest BCUT2D eigenvalue weighted by Crippen LogP contribution is -2.37. The highest BCUT2D eigenvalue weighted by atomic mass is 16.6. The van der Waals surface area contributed by atoms with Crippen LogP contribution in [-0.4, -0.2) is 21.9 Å². The quantitative estimate of drug-likeness (QED) is 0.494. The van der Waals surface area contributed by atoms with E-state index in [1.807, 2.05) is 30.5 Å². The summed E-state index contributed by atoms with van der Waals surface area (Å²) in [6, 6.07) is 12.7. The smallest absolute Gasteiger partial charge is 0.269 e. The number of nitro benzene ring substituents is 1. The fourth-order valence-corrected chi connectivity index (χ4v) is 2.53. The van der Waals surface area contributed by atoms with Crippen molar-refractivity contribution in [2.75, 3.05) is 5.32 Å². The molecule has 0 aliphatic rings. The maximum absolute atomic E-state index is 12.2. The molecule has 0 unspecified atom stereocenters. The van der Waals surface area contributed by atoms with Crippen LogP contribution in [0.15, 0.2) is 54.7 Å². The van der Waals surface area contributed by atoms with Crippen LogP contribution in [0, 0.1) is 10.1 Å². The lowest BCUT2D eigenvalue weighted by Gasteiger charge is -2.12. The van der Waals surface area contributed by atoms with E-state index < -0.39 is 11.0 Å². The first-order valence-corrected chi connectivity index (χ1v) is 7.40. The lowest BCUT2D eigenvalue weighted by molar-refractivity contribution is -0.384. The molecule has 122 valence electrons. The Bertz CT molecular complexity index is 886. The molecule has 24 heavy (non-hydrogen) atoms. The van der Waals surface area contributed by atoms with Gasteiger partial charge in [-0.1, -0.05) is 18.2 Å². The zero-order valence-electron chi connectivity index (χ0n) is 12.7. The second kappa shape index (κ2) is 6.51. The normalized spacial score (nSPS) is 12.0. The maximum atomic E-state index is 12.2. The Labute approximate surface area is 137 Å². The van der Waals surface area contributed by atoms with Crippen molar-refractivity contribution in [3.63, 3.8) is 0 Å². The molecule has 1 atom stereocenters. The summed E-state index contributed by atoms with van der Waals surface area (Å²) in [5, 5.41) is 14.3. The average Bonchev–Trinajstić information content (AvgIpc) is 2.98. The van der Waals surface area contributed by atoms with Crippen molar-refractivity contribution in [2.24, 2.45) is 5.73 Å². The second-order valence-corrected chi connectivity index (χ2v) is 5.46. The molecule has 0 aliphatic carbocycles. The molecule has 1 aromatic heterocycles. The number of nitrogens with zero attached hydrogens (tertiary/aromatic N) is 1. The molecule has 0 saturated carbocycles. The summed E-state index contributed by atoms with van der Waals surface area (Å²) < 4.78 is 0. The highest BCUT2D eigenvalue weighted by Crippen LogP contribution is 2.19. The molecule has 1 heterocycles. The van der Waals surface area contributed by atoms with E-state index in [0.29, 0.717) is 12.1 Å². The molecule has 7 nitrogen and oxygen atoms in total. The predicted octanol–water partition coefficient (Wildman–Crippen LogP) is 2.58. The van der Waals surface area contributed by atoms with E-state index in [9.17, 15) is 14.9 Å². The number of benzene rings is 2. The van der Waals surface area contributed by atoms with Crippen LogP contribution in [0.4, 0.5) is 11.4 Å². The third-order valence-electron chi connectivity index (χ3n) is 3.80. The maximum Gasteiger partial charge on any atom is 0.269 e. The van der Waals surface area contributed by atoms with Gasteiger partial charge in [-0.15, -0.1) is 0 Å². The molecule has 0 aliphatic heterocycles. The van der Waals surface area contributed by atoms with Crippen molar-refractivity contribution in [3.8, 4) is 0 Å². The molecule has 0 spiro atoms. The van der Waals surface area contributed by atoms with Crippen molar-refractivity contribution >= 4 is 28.2 Å². The van der Waals surface area contributed by atoms with Crippen LogP contribution in [0.3, 0.4) is 0 Å². The number of nitrogens with two attached hydrogens (primary N) is 1. The number of fused-ring (bicyclic) bond motifs is 1. The Morgan fingerprint density at radius 2 is 1.92 bits per heavy atom. The van der Waals surface area contributed by atoms with Gasteiger partial charge < -0.3 is 16.0 Å². The zero-order chi connectivity index (χ0) is 17.1. The molecule has 4 N–H and O–H groups in total. The third kappa shape index (κ3) is 3.26. The summed E-state index contributed by atoms with van der Waals surface area (Å²) in [5.41, 5.74) is 8.40. The third-order valence-corrected chi connectivity index (χ3v) is 3.80. The topological polar surface area (TPSA) is 114 Å². The first-order chi connectivity index (χ1) is 11.5. The Morgan fingerprint density at radius 1 is 1.21 bits per heavy atom. The first kappa shape index (κ1) is 15.7. The minimum Gasteiger partial charge on any atom is -0.361 e. The number of hydrogen-bond donors (Lipinski definition) is 3. The largest absolute Gasteiger partial charge is 0.361 e. The van der Waals surface area contributed by atoms with Gasteiger partial charge in [0, 0.05) is 34.9 Å². The number of nitro groups is 1. The van der Waals surface area contributed by atoms with Crippen LogP contribution in [0.1, 0.15) is 5.56 Å². The van der Waals surface area contributed by atoms with E-state index in [1.54, 1.807) is 0 Å². The molecule has 0 saturated heterocycles. The van der Waals surface area contributed by atoms with Gasteiger partial charge in [0.2, 0.25) is 5.91 Å². The van der Waals surface area contributed by atoms with Gasteiger partial charge >= 0.3 is 0 Å². The predicted molar refractivity (Wildman–Crippen MR) is 91.7 cm³/mol. The first-order valence-electron chi connectivity index (χ1n) is 7.40. The number of anilines is 1. The van der Waals surface area contributed by atoms with Gasteiger partial charge in [-0.2, -0.15) is 0 Å². The summed E-state index contributed by atoms with van der Waals surface area (Å²) in [6.45, 7) is 0. The molecular formula is C17H16N4O3. The number of hydrogen-bond acceptors (Lipinski definition) is 4. The SMILES string of the molecule is N[C@@H](Cc1c[nH]c2ccccc12)C(=O)Nc1ccc([N+](=O)[O-])cc1.